The van der Waals surface area contributed by atoms with Gasteiger partial charge in [0.2, 0.25) is 0 Å². The van der Waals surface area contributed by atoms with Crippen LogP contribution in [-0.4, -0.2) is 33.3 Å². The maximum absolute atomic E-state index is 13.6. The van der Waals surface area contributed by atoms with Crippen molar-refractivity contribution in [3.05, 3.63) is 52.0 Å². The van der Waals surface area contributed by atoms with Gasteiger partial charge in [0.25, 0.3) is 5.56 Å². The van der Waals surface area contributed by atoms with Gasteiger partial charge in [-0.3, -0.25) is 4.79 Å². The third-order valence-corrected chi connectivity index (χ3v) is 6.50. The quantitative estimate of drug-likeness (QED) is 0.777. The van der Waals surface area contributed by atoms with Crippen LogP contribution >= 0.6 is 0 Å². The summed E-state index contributed by atoms with van der Waals surface area (Å²) in [6.07, 6.45) is 8.25. The summed E-state index contributed by atoms with van der Waals surface area (Å²) < 4.78 is 7.62. The van der Waals surface area contributed by atoms with Gasteiger partial charge >= 0.3 is 0 Å². The Labute approximate surface area is 178 Å². The van der Waals surface area contributed by atoms with Gasteiger partial charge in [0.1, 0.15) is 0 Å². The number of pyridine rings is 1. The first-order chi connectivity index (χ1) is 14.5. The summed E-state index contributed by atoms with van der Waals surface area (Å²) in [6.45, 7) is 4.33. The van der Waals surface area contributed by atoms with Crippen LogP contribution in [0, 0.1) is 0 Å². The lowest BCUT2D eigenvalue weighted by Gasteiger charge is -2.30. The Morgan fingerprint density at radius 2 is 1.77 bits per heavy atom. The van der Waals surface area contributed by atoms with Crippen LogP contribution in [0.25, 0.3) is 16.8 Å². The van der Waals surface area contributed by atoms with Crippen molar-refractivity contribution in [1.82, 2.24) is 4.57 Å². The van der Waals surface area contributed by atoms with E-state index in [2.05, 4.69) is 13.8 Å². The minimum atomic E-state index is -0.954. The summed E-state index contributed by atoms with van der Waals surface area (Å²) in [5, 5.41) is 21.7. The van der Waals surface area contributed by atoms with Crippen molar-refractivity contribution in [3.8, 4) is 0 Å². The second kappa shape index (κ2) is 9.04. The molecule has 1 saturated heterocycles. The summed E-state index contributed by atoms with van der Waals surface area (Å²) in [6, 6.07) is 8.11. The molecule has 1 aliphatic carbocycles. The van der Waals surface area contributed by atoms with E-state index in [1.807, 2.05) is 41.0 Å². The molecule has 2 heterocycles. The number of aromatic nitrogens is 1. The fourth-order valence-corrected chi connectivity index (χ4v) is 5.12. The summed E-state index contributed by atoms with van der Waals surface area (Å²) >= 11 is 0. The van der Waals surface area contributed by atoms with Gasteiger partial charge in [0, 0.05) is 30.0 Å². The van der Waals surface area contributed by atoms with Crippen molar-refractivity contribution in [2.24, 2.45) is 0 Å². The SMILES string of the molecule is CC(C)c1c(/C=C/[C@@H]2C[C@@H](O)CC(O)O2)n(C2CCCCC2)c(=O)c2ccccc12. The number of hydrogen-bond acceptors (Lipinski definition) is 4. The molecule has 5 heteroatoms. The Kier molecular flexibility index (Phi) is 6.42. The lowest BCUT2D eigenvalue weighted by atomic mass is 9.90. The summed E-state index contributed by atoms with van der Waals surface area (Å²) in [5.41, 5.74) is 2.19. The van der Waals surface area contributed by atoms with Crippen molar-refractivity contribution >= 4 is 16.8 Å². The van der Waals surface area contributed by atoms with Gasteiger partial charge in [-0.1, -0.05) is 57.4 Å². The van der Waals surface area contributed by atoms with E-state index >= 15 is 0 Å². The number of ether oxygens (including phenoxy) is 1. The topological polar surface area (TPSA) is 71.7 Å². The second-order valence-electron chi connectivity index (χ2n) is 9.08. The normalized spacial score (nSPS) is 26.1. The molecule has 162 valence electrons. The molecular formula is C25H33NO4. The van der Waals surface area contributed by atoms with E-state index in [0.29, 0.717) is 6.42 Å². The van der Waals surface area contributed by atoms with E-state index in [1.165, 1.54) is 12.0 Å². The Balaban J connectivity index is 1.87. The average molecular weight is 412 g/mol. The molecule has 2 aliphatic rings. The molecule has 1 aliphatic heterocycles. The predicted molar refractivity (Wildman–Crippen MR) is 120 cm³/mol. The summed E-state index contributed by atoms with van der Waals surface area (Å²) in [4.78, 5) is 13.6. The van der Waals surface area contributed by atoms with Crippen molar-refractivity contribution in [1.29, 1.82) is 0 Å². The Morgan fingerprint density at radius 3 is 2.43 bits per heavy atom. The first-order valence-electron chi connectivity index (χ1n) is 11.3. The highest BCUT2D eigenvalue weighted by Gasteiger charge is 2.27. The van der Waals surface area contributed by atoms with Crippen molar-refractivity contribution in [2.75, 3.05) is 0 Å². The van der Waals surface area contributed by atoms with Gasteiger partial charge in [-0.25, -0.2) is 0 Å². The minimum Gasteiger partial charge on any atom is -0.393 e. The third kappa shape index (κ3) is 4.25. The molecule has 0 bridgehead atoms. The summed E-state index contributed by atoms with van der Waals surface area (Å²) in [5.74, 6) is 0.244. The molecule has 0 radical (unpaired) electrons. The van der Waals surface area contributed by atoms with Crippen molar-refractivity contribution in [2.45, 2.75) is 89.3 Å². The molecule has 30 heavy (non-hydrogen) atoms. The largest absolute Gasteiger partial charge is 0.393 e. The smallest absolute Gasteiger partial charge is 0.259 e. The van der Waals surface area contributed by atoms with E-state index in [-0.39, 0.29) is 30.0 Å². The third-order valence-electron chi connectivity index (χ3n) is 6.50. The second-order valence-corrected chi connectivity index (χ2v) is 9.08. The first-order valence-corrected chi connectivity index (χ1v) is 11.3. The van der Waals surface area contributed by atoms with E-state index in [0.717, 1.165) is 42.1 Å². The molecular weight excluding hydrogens is 378 g/mol. The molecule has 2 N–H and O–H groups in total. The molecule has 1 aromatic heterocycles. The molecule has 1 saturated carbocycles. The first kappa shape index (κ1) is 21.3. The van der Waals surface area contributed by atoms with Crippen LogP contribution in [-0.2, 0) is 4.74 Å². The van der Waals surface area contributed by atoms with E-state index in [4.69, 9.17) is 4.74 Å². The van der Waals surface area contributed by atoms with Crippen LogP contribution in [0.3, 0.4) is 0 Å². The molecule has 2 aromatic rings. The van der Waals surface area contributed by atoms with Gasteiger partial charge in [0.15, 0.2) is 6.29 Å². The lowest BCUT2D eigenvalue weighted by molar-refractivity contribution is -0.175. The molecule has 1 unspecified atom stereocenters. The monoisotopic (exact) mass is 411 g/mol. The van der Waals surface area contributed by atoms with Gasteiger partial charge in [0.05, 0.1) is 12.2 Å². The van der Waals surface area contributed by atoms with Crippen LogP contribution in [0.2, 0.25) is 0 Å². The van der Waals surface area contributed by atoms with Crippen molar-refractivity contribution < 1.29 is 14.9 Å². The zero-order valence-corrected chi connectivity index (χ0v) is 18.0. The number of aliphatic hydroxyl groups is 2. The van der Waals surface area contributed by atoms with Gasteiger partial charge in [-0.15, -0.1) is 0 Å². The van der Waals surface area contributed by atoms with Crippen LogP contribution in [0.15, 0.2) is 35.1 Å². The number of benzene rings is 1. The number of nitrogens with zero attached hydrogens (tertiary/aromatic N) is 1. The molecule has 2 fully saturated rings. The zero-order chi connectivity index (χ0) is 21.3. The number of rotatable bonds is 4. The standard InChI is InChI=1S/C25H33NO4/c1-16(2)24-20-10-6-7-11-21(20)25(29)26(17-8-4-3-5-9-17)22(24)13-12-19-14-18(27)15-23(28)30-19/h6-7,10-13,16-19,23,27-28H,3-5,8-9,14-15H2,1-2H3/b13-12+/t18-,19-,23?/m1/s1. The van der Waals surface area contributed by atoms with Crippen LogP contribution in [0.1, 0.15) is 82.0 Å². The highest BCUT2D eigenvalue weighted by atomic mass is 16.6. The van der Waals surface area contributed by atoms with Crippen molar-refractivity contribution in [3.63, 3.8) is 0 Å². The average Bonchev–Trinajstić information content (AvgIpc) is 2.72. The molecule has 4 rings (SSSR count). The molecule has 3 atom stereocenters. The van der Waals surface area contributed by atoms with Gasteiger partial charge in [-0.2, -0.15) is 0 Å². The molecule has 5 nitrogen and oxygen atoms in total. The van der Waals surface area contributed by atoms with Crippen LogP contribution in [0.4, 0.5) is 0 Å². The lowest BCUT2D eigenvalue weighted by Crippen LogP contribution is -2.34. The molecule has 1 aromatic carbocycles. The maximum Gasteiger partial charge on any atom is 0.259 e. The fourth-order valence-electron chi connectivity index (χ4n) is 5.12. The summed E-state index contributed by atoms with van der Waals surface area (Å²) in [7, 11) is 0. The van der Waals surface area contributed by atoms with Gasteiger partial charge < -0.3 is 19.5 Å². The highest BCUT2D eigenvalue weighted by Crippen LogP contribution is 2.34. The van der Waals surface area contributed by atoms with Crippen LogP contribution in [0.5, 0.6) is 0 Å². The Bertz CT molecular complexity index is 961. The van der Waals surface area contributed by atoms with E-state index in [1.54, 1.807) is 0 Å². The number of fused-ring (bicyclic) bond motifs is 1. The predicted octanol–water partition coefficient (Wildman–Crippen LogP) is 4.50. The van der Waals surface area contributed by atoms with Gasteiger partial charge in [-0.05, 0) is 41.9 Å². The molecule has 0 amide bonds. The number of hydrogen-bond donors (Lipinski definition) is 2. The zero-order valence-electron chi connectivity index (χ0n) is 18.0. The fraction of sp³-hybridized carbons (Fsp3) is 0.560. The Morgan fingerprint density at radius 1 is 1.07 bits per heavy atom. The van der Waals surface area contributed by atoms with Crippen LogP contribution < -0.4 is 5.56 Å². The Hall–Kier alpha value is -1.95. The maximum atomic E-state index is 13.6. The minimum absolute atomic E-state index is 0.0752. The molecule has 0 spiro atoms. The van der Waals surface area contributed by atoms with E-state index < -0.39 is 12.4 Å². The van der Waals surface area contributed by atoms with E-state index in [9.17, 15) is 15.0 Å². The highest BCUT2D eigenvalue weighted by molar-refractivity contribution is 5.88. The number of aliphatic hydroxyl groups excluding tert-OH is 2.